The van der Waals surface area contributed by atoms with Crippen molar-refractivity contribution in [2.45, 2.75) is 0 Å². The lowest BCUT2D eigenvalue weighted by molar-refractivity contribution is 0.843. The fraction of sp³-hybridized carbons (Fsp3) is 0.0870. The number of halogens is 2. The second kappa shape index (κ2) is 8.58. The van der Waals surface area contributed by atoms with Crippen molar-refractivity contribution in [3.63, 3.8) is 0 Å². The number of aromatic nitrogens is 3. The first kappa shape index (κ1) is 20.0. The molecule has 2 aromatic carbocycles. The Balaban J connectivity index is 1.83. The molecule has 4 aromatic rings. The quantitative estimate of drug-likeness (QED) is 0.433. The van der Waals surface area contributed by atoms with Gasteiger partial charge in [-0.15, -0.1) is 0 Å². The van der Waals surface area contributed by atoms with Crippen LogP contribution in [0.4, 0.5) is 11.4 Å². The summed E-state index contributed by atoms with van der Waals surface area (Å²) in [4.78, 5) is 22.9. The number of anilines is 2. The van der Waals surface area contributed by atoms with Crippen LogP contribution in [0.5, 0.6) is 0 Å². The highest BCUT2D eigenvalue weighted by Crippen LogP contribution is 2.38. The molecular formula is C23H16Cl2N4O. The van der Waals surface area contributed by atoms with Crippen molar-refractivity contribution in [2.24, 2.45) is 7.05 Å². The van der Waals surface area contributed by atoms with Gasteiger partial charge in [-0.1, -0.05) is 41.1 Å². The van der Waals surface area contributed by atoms with Crippen LogP contribution in [0.15, 0.2) is 72.0 Å². The number of pyridine rings is 1. The van der Waals surface area contributed by atoms with Crippen LogP contribution < -0.4 is 10.5 Å². The average molecular weight is 435 g/mol. The van der Waals surface area contributed by atoms with Gasteiger partial charge in [-0.25, -0.2) is 4.98 Å². The molecule has 0 unspecified atom stereocenters. The Bertz CT molecular complexity index is 1320. The zero-order valence-electron chi connectivity index (χ0n) is 16.0. The summed E-state index contributed by atoms with van der Waals surface area (Å²) in [5, 5.41) is 1.49. The zero-order chi connectivity index (χ0) is 21.1. The Morgan fingerprint density at radius 1 is 1.10 bits per heavy atom. The average Bonchev–Trinajstić information content (AvgIpc) is 2.76. The molecule has 0 amide bonds. The fourth-order valence-corrected chi connectivity index (χ4v) is 3.67. The van der Waals surface area contributed by atoms with Crippen molar-refractivity contribution in [1.82, 2.24) is 14.5 Å². The molecule has 5 nitrogen and oxygen atoms in total. The van der Waals surface area contributed by atoms with E-state index in [4.69, 9.17) is 23.2 Å². The lowest BCUT2D eigenvalue weighted by Crippen LogP contribution is -2.20. The minimum atomic E-state index is -0.131. The molecule has 0 aliphatic carbocycles. The predicted octanol–water partition coefficient (Wildman–Crippen LogP) is 4.83. The smallest absolute Gasteiger partial charge is 0.260 e. The predicted molar refractivity (Wildman–Crippen MR) is 122 cm³/mol. The number of benzene rings is 2. The highest BCUT2D eigenvalue weighted by Gasteiger charge is 2.17. The summed E-state index contributed by atoms with van der Waals surface area (Å²) >= 11 is 13.0. The Hall–Kier alpha value is -3.33. The maximum absolute atomic E-state index is 12.6. The topological polar surface area (TPSA) is 51.0 Å². The molecule has 0 saturated carbocycles. The summed E-state index contributed by atoms with van der Waals surface area (Å²) < 4.78 is 1.45. The number of hydrogen-bond acceptors (Lipinski definition) is 4. The molecule has 0 saturated heterocycles. The van der Waals surface area contributed by atoms with Crippen LogP contribution in [0.25, 0.3) is 10.9 Å². The third kappa shape index (κ3) is 4.02. The zero-order valence-corrected chi connectivity index (χ0v) is 17.5. The van der Waals surface area contributed by atoms with Crippen molar-refractivity contribution in [1.29, 1.82) is 0 Å². The molecule has 0 bridgehead atoms. The van der Waals surface area contributed by atoms with Crippen LogP contribution in [-0.2, 0) is 7.05 Å². The van der Waals surface area contributed by atoms with E-state index in [1.54, 1.807) is 49.8 Å². The monoisotopic (exact) mass is 434 g/mol. The summed E-state index contributed by atoms with van der Waals surface area (Å²) in [5.41, 5.74) is 2.66. The van der Waals surface area contributed by atoms with Crippen LogP contribution >= 0.6 is 23.2 Å². The molecule has 2 aromatic heterocycles. The Morgan fingerprint density at radius 3 is 2.63 bits per heavy atom. The van der Waals surface area contributed by atoms with Crippen molar-refractivity contribution >= 4 is 45.5 Å². The van der Waals surface area contributed by atoms with Gasteiger partial charge < -0.3 is 9.47 Å². The highest BCUT2D eigenvalue weighted by atomic mass is 35.5. The van der Waals surface area contributed by atoms with Crippen molar-refractivity contribution in [2.75, 3.05) is 11.4 Å². The molecule has 0 fully saturated rings. The van der Waals surface area contributed by atoms with E-state index in [9.17, 15) is 4.79 Å². The van der Waals surface area contributed by atoms with E-state index in [2.05, 4.69) is 21.8 Å². The SMILES string of the molecule is Cn1cnc2ccc(N(CC#Cc3cccnc3)c3c(Cl)cccc3Cl)cc2c1=O. The van der Waals surface area contributed by atoms with Crippen molar-refractivity contribution < 1.29 is 0 Å². The number of para-hydroxylation sites is 1. The summed E-state index contributed by atoms with van der Waals surface area (Å²) in [7, 11) is 1.67. The van der Waals surface area contributed by atoms with Gasteiger partial charge in [0.25, 0.3) is 5.56 Å². The standard InChI is InChI=1S/C23H16Cl2N4O/c1-28-15-27-21-10-9-17(13-18(21)23(28)30)29(22-19(24)7-2-8-20(22)25)12-4-6-16-5-3-11-26-14-16/h2-3,5,7-11,13-15H,12H2,1H3. The molecule has 0 aliphatic rings. The van der Waals surface area contributed by atoms with Crippen LogP contribution in [0, 0.1) is 11.8 Å². The van der Waals surface area contributed by atoms with Crippen LogP contribution in [0.1, 0.15) is 5.56 Å². The molecule has 0 aliphatic heterocycles. The largest absolute Gasteiger partial charge is 0.327 e. The number of nitrogens with zero attached hydrogens (tertiary/aromatic N) is 4. The van der Waals surface area contributed by atoms with Gasteiger partial charge >= 0.3 is 0 Å². The van der Waals surface area contributed by atoms with Gasteiger partial charge in [0.05, 0.1) is 39.5 Å². The van der Waals surface area contributed by atoms with Gasteiger partial charge in [0.15, 0.2) is 0 Å². The maximum atomic E-state index is 12.6. The van der Waals surface area contributed by atoms with E-state index in [1.165, 1.54) is 10.9 Å². The molecule has 0 radical (unpaired) electrons. The third-order valence-corrected chi connectivity index (χ3v) is 5.16. The lowest BCUT2D eigenvalue weighted by atomic mass is 10.1. The van der Waals surface area contributed by atoms with Gasteiger partial charge in [0.1, 0.15) is 0 Å². The van der Waals surface area contributed by atoms with Crippen LogP contribution in [-0.4, -0.2) is 21.1 Å². The molecule has 0 spiro atoms. The first-order valence-corrected chi connectivity index (χ1v) is 9.86. The fourth-order valence-electron chi connectivity index (χ4n) is 3.07. The Labute approximate surface area is 183 Å². The number of fused-ring (bicyclic) bond motifs is 1. The summed E-state index contributed by atoms with van der Waals surface area (Å²) in [6.07, 6.45) is 4.91. The van der Waals surface area contributed by atoms with E-state index in [-0.39, 0.29) is 5.56 Å². The van der Waals surface area contributed by atoms with Gasteiger partial charge in [0, 0.05) is 30.7 Å². The Morgan fingerprint density at radius 2 is 1.90 bits per heavy atom. The minimum Gasteiger partial charge on any atom is -0.327 e. The molecule has 4 rings (SSSR count). The molecule has 0 atom stereocenters. The first-order chi connectivity index (χ1) is 14.5. The maximum Gasteiger partial charge on any atom is 0.260 e. The third-order valence-electron chi connectivity index (χ3n) is 4.55. The van der Waals surface area contributed by atoms with Gasteiger partial charge in [-0.3, -0.25) is 9.78 Å². The van der Waals surface area contributed by atoms with Gasteiger partial charge in [-0.2, -0.15) is 0 Å². The van der Waals surface area contributed by atoms with E-state index in [0.29, 0.717) is 33.2 Å². The lowest BCUT2D eigenvalue weighted by Gasteiger charge is -2.25. The second-order valence-electron chi connectivity index (χ2n) is 6.56. The highest BCUT2D eigenvalue weighted by molar-refractivity contribution is 6.39. The van der Waals surface area contributed by atoms with Crippen molar-refractivity contribution in [3.8, 4) is 11.8 Å². The molecule has 30 heavy (non-hydrogen) atoms. The number of rotatable bonds is 3. The van der Waals surface area contributed by atoms with Crippen LogP contribution in [0.2, 0.25) is 10.0 Å². The van der Waals surface area contributed by atoms with E-state index in [1.807, 2.05) is 23.1 Å². The molecular weight excluding hydrogens is 419 g/mol. The minimum absolute atomic E-state index is 0.131. The Kier molecular flexibility index (Phi) is 5.71. The van der Waals surface area contributed by atoms with E-state index < -0.39 is 0 Å². The molecule has 7 heteroatoms. The molecule has 2 heterocycles. The van der Waals surface area contributed by atoms with Crippen molar-refractivity contribution in [3.05, 3.63) is 93.2 Å². The summed E-state index contributed by atoms with van der Waals surface area (Å²) in [6, 6.07) is 14.5. The normalized spacial score (nSPS) is 10.5. The van der Waals surface area contributed by atoms with Gasteiger partial charge in [-0.05, 0) is 42.5 Å². The number of hydrogen-bond donors (Lipinski definition) is 0. The van der Waals surface area contributed by atoms with E-state index >= 15 is 0 Å². The van der Waals surface area contributed by atoms with Crippen LogP contribution in [0.3, 0.4) is 0 Å². The first-order valence-electron chi connectivity index (χ1n) is 9.10. The van der Waals surface area contributed by atoms with E-state index in [0.717, 1.165) is 11.3 Å². The summed E-state index contributed by atoms with van der Waals surface area (Å²) in [5.74, 6) is 6.24. The second-order valence-corrected chi connectivity index (χ2v) is 7.38. The van der Waals surface area contributed by atoms with Gasteiger partial charge in [0.2, 0.25) is 0 Å². The molecule has 148 valence electrons. The number of aryl methyl sites for hydroxylation is 1. The summed E-state index contributed by atoms with van der Waals surface area (Å²) in [6.45, 7) is 0.310. The molecule has 0 N–H and O–H groups in total.